The van der Waals surface area contributed by atoms with Gasteiger partial charge in [0.15, 0.2) is 0 Å². The lowest BCUT2D eigenvalue weighted by molar-refractivity contribution is 0.316. The van der Waals surface area contributed by atoms with Crippen molar-refractivity contribution in [1.82, 2.24) is 0 Å². The van der Waals surface area contributed by atoms with Gasteiger partial charge in [0, 0.05) is 10.5 Å². The summed E-state index contributed by atoms with van der Waals surface area (Å²) in [6.07, 6.45) is 0. The molecule has 1 aromatic carbocycles. The fourth-order valence-electron chi connectivity index (χ4n) is 1.44. The molecule has 4 heteroatoms. The Bertz CT molecular complexity index is 371. The van der Waals surface area contributed by atoms with Gasteiger partial charge in [-0.15, -0.1) is 0 Å². The number of oxime groups is 1. The summed E-state index contributed by atoms with van der Waals surface area (Å²) >= 11 is 1.81. The molecule has 0 radical (unpaired) electrons. The Balaban J connectivity index is 2.83. The smallest absolute Gasteiger partial charge is 0.147 e. The van der Waals surface area contributed by atoms with Crippen LogP contribution >= 0.6 is 11.8 Å². The van der Waals surface area contributed by atoms with Gasteiger partial charge in [0.05, 0.1) is 5.92 Å². The van der Waals surface area contributed by atoms with Crippen LogP contribution in [0.5, 0.6) is 0 Å². The van der Waals surface area contributed by atoms with Crippen LogP contribution in [0.4, 0.5) is 0 Å². The lowest BCUT2D eigenvalue weighted by Crippen LogP contribution is -2.25. The van der Waals surface area contributed by atoms with E-state index in [4.69, 9.17) is 10.9 Å². The van der Waals surface area contributed by atoms with Gasteiger partial charge >= 0.3 is 0 Å². The molecule has 0 aliphatic rings. The maximum absolute atomic E-state index is 8.85. The van der Waals surface area contributed by atoms with Crippen molar-refractivity contribution >= 4 is 17.6 Å². The summed E-state index contributed by atoms with van der Waals surface area (Å²) in [6.45, 7) is 6.48. The van der Waals surface area contributed by atoms with E-state index in [-0.39, 0.29) is 16.5 Å². The van der Waals surface area contributed by atoms with Gasteiger partial charge in [-0.25, -0.2) is 0 Å². The number of benzene rings is 1. The molecule has 0 spiro atoms. The van der Waals surface area contributed by atoms with Crippen LogP contribution in [-0.2, 0) is 0 Å². The van der Waals surface area contributed by atoms with Crippen molar-refractivity contribution in [3.63, 3.8) is 0 Å². The van der Waals surface area contributed by atoms with Crippen molar-refractivity contribution in [2.24, 2.45) is 10.9 Å². The Morgan fingerprint density at radius 2 is 1.94 bits per heavy atom. The molecule has 0 saturated heterocycles. The second-order valence-corrected chi connectivity index (χ2v) is 6.76. The summed E-state index contributed by atoms with van der Waals surface area (Å²) in [6, 6.07) is 9.91. The van der Waals surface area contributed by atoms with Gasteiger partial charge in [0.2, 0.25) is 0 Å². The molecule has 1 unspecified atom stereocenters. The first-order valence-electron chi connectivity index (χ1n) is 5.60. The zero-order valence-corrected chi connectivity index (χ0v) is 11.4. The molecule has 94 valence electrons. The fourth-order valence-corrected chi connectivity index (χ4v) is 2.47. The molecule has 3 N–H and O–H groups in total. The van der Waals surface area contributed by atoms with Crippen molar-refractivity contribution in [2.45, 2.75) is 31.4 Å². The average Bonchev–Trinajstić information content (AvgIpc) is 2.29. The summed E-state index contributed by atoms with van der Waals surface area (Å²) in [5.74, 6) is 1.04. The standard InChI is InChI=1S/C13H20N2OS/c1-13(2,3)17-9-11(12(14)15-16)10-7-5-4-6-8-10/h4-8,11,16H,9H2,1-3H3,(H2,14,15). The average molecular weight is 252 g/mol. The number of hydrogen-bond donors (Lipinski definition) is 2. The van der Waals surface area contributed by atoms with Crippen LogP contribution < -0.4 is 5.73 Å². The minimum Gasteiger partial charge on any atom is -0.409 e. The molecule has 3 nitrogen and oxygen atoms in total. The van der Waals surface area contributed by atoms with Gasteiger partial charge in [-0.2, -0.15) is 11.8 Å². The van der Waals surface area contributed by atoms with Gasteiger partial charge < -0.3 is 10.9 Å². The zero-order valence-electron chi connectivity index (χ0n) is 10.6. The van der Waals surface area contributed by atoms with Crippen molar-refractivity contribution in [3.05, 3.63) is 35.9 Å². The van der Waals surface area contributed by atoms with Crippen molar-refractivity contribution in [3.8, 4) is 0 Å². The van der Waals surface area contributed by atoms with Crippen LogP contribution in [0.3, 0.4) is 0 Å². The Kier molecular flexibility index (Phi) is 4.87. The molecule has 1 atom stereocenters. The number of nitrogens with zero attached hydrogens (tertiary/aromatic N) is 1. The van der Waals surface area contributed by atoms with Gasteiger partial charge in [-0.05, 0) is 5.56 Å². The molecule has 0 aliphatic heterocycles. The Hall–Kier alpha value is -1.16. The lowest BCUT2D eigenvalue weighted by atomic mass is 10.0. The topological polar surface area (TPSA) is 58.6 Å². The number of nitrogens with two attached hydrogens (primary N) is 1. The fraction of sp³-hybridized carbons (Fsp3) is 0.462. The molecule has 17 heavy (non-hydrogen) atoms. The summed E-state index contributed by atoms with van der Waals surface area (Å²) in [7, 11) is 0. The summed E-state index contributed by atoms with van der Waals surface area (Å²) in [4.78, 5) is 0. The van der Waals surface area contributed by atoms with Crippen LogP contribution in [0, 0.1) is 0 Å². The van der Waals surface area contributed by atoms with E-state index in [1.807, 2.05) is 42.1 Å². The Morgan fingerprint density at radius 1 is 1.35 bits per heavy atom. The first-order chi connectivity index (χ1) is 7.94. The quantitative estimate of drug-likeness (QED) is 0.375. The second kappa shape index (κ2) is 5.96. The molecular formula is C13H20N2OS. The third-order valence-corrected chi connectivity index (χ3v) is 3.72. The van der Waals surface area contributed by atoms with E-state index >= 15 is 0 Å². The predicted octanol–water partition coefficient (Wildman–Crippen LogP) is 3.05. The van der Waals surface area contributed by atoms with Crippen molar-refractivity contribution < 1.29 is 5.21 Å². The van der Waals surface area contributed by atoms with E-state index in [0.717, 1.165) is 11.3 Å². The van der Waals surface area contributed by atoms with E-state index in [9.17, 15) is 0 Å². The number of rotatable bonds is 4. The highest BCUT2D eigenvalue weighted by Gasteiger charge is 2.20. The summed E-state index contributed by atoms with van der Waals surface area (Å²) in [5, 5.41) is 12.0. The minimum absolute atomic E-state index is 0.0366. The van der Waals surface area contributed by atoms with E-state index < -0.39 is 0 Å². The van der Waals surface area contributed by atoms with Crippen molar-refractivity contribution in [1.29, 1.82) is 0 Å². The SMILES string of the molecule is CC(C)(C)SCC(C(N)=NO)c1ccccc1. The molecule has 0 saturated carbocycles. The first-order valence-corrected chi connectivity index (χ1v) is 6.59. The molecule has 0 aliphatic carbocycles. The van der Waals surface area contributed by atoms with Crippen molar-refractivity contribution in [2.75, 3.05) is 5.75 Å². The van der Waals surface area contributed by atoms with Crippen LogP contribution in [0.25, 0.3) is 0 Å². The highest BCUT2D eigenvalue weighted by molar-refractivity contribution is 8.00. The molecule has 1 aromatic rings. The third-order valence-electron chi connectivity index (χ3n) is 2.36. The number of thioether (sulfide) groups is 1. The zero-order chi connectivity index (χ0) is 12.9. The van der Waals surface area contributed by atoms with E-state index in [1.54, 1.807) is 0 Å². The molecule has 0 amide bonds. The van der Waals surface area contributed by atoms with Gasteiger partial charge in [-0.1, -0.05) is 56.3 Å². The van der Waals surface area contributed by atoms with E-state index in [1.165, 1.54) is 0 Å². The van der Waals surface area contributed by atoms with E-state index in [2.05, 4.69) is 25.9 Å². The monoisotopic (exact) mass is 252 g/mol. The van der Waals surface area contributed by atoms with Crippen LogP contribution in [0.15, 0.2) is 35.5 Å². The molecule has 1 rings (SSSR count). The van der Waals surface area contributed by atoms with Crippen LogP contribution in [0.2, 0.25) is 0 Å². The largest absolute Gasteiger partial charge is 0.409 e. The van der Waals surface area contributed by atoms with Gasteiger partial charge in [0.25, 0.3) is 0 Å². The maximum Gasteiger partial charge on any atom is 0.147 e. The Labute approximate surface area is 107 Å². The van der Waals surface area contributed by atoms with Crippen LogP contribution in [-0.4, -0.2) is 21.5 Å². The van der Waals surface area contributed by atoms with Gasteiger partial charge in [-0.3, -0.25) is 0 Å². The van der Waals surface area contributed by atoms with Gasteiger partial charge in [0.1, 0.15) is 5.84 Å². The third kappa shape index (κ3) is 4.69. The molecule has 0 heterocycles. The number of hydrogen-bond acceptors (Lipinski definition) is 3. The molecular weight excluding hydrogens is 232 g/mol. The second-order valence-electron chi connectivity index (χ2n) is 4.91. The first kappa shape index (κ1) is 13.9. The summed E-state index contributed by atoms with van der Waals surface area (Å²) in [5.41, 5.74) is 6.85. The summed E-state index contributed by atoms with van der Waals surface area (Å²) < 4.78 is 0.169. The Morgan fingerprint density at radius 3 is 2.41 bits per heavy atom. The predicted molar refractivity (Wildman–Crippen MR) is 74.8 cm³/mol. The maximum atomic E-state index is 8.85. The molecule has 0 aromatic heterocycles. The molecule has 0 bridgehead atoms. The minimum atomic E-state index is -0.0366. The number of amidine groups is 1. The highest BCUT2D eigenvalue weighted by Crippen LogP contribution is 2.29. The normalized spacial score (nSPS) is 14.6. The molecule has 0 fully saturated rings. The highest BCUT2D eigenvalue weighted by atomic mass is 32.2. The lowest BCUT2D eigenvalue weighted by Gasteiger charge is -2.22. The van der Waals surface area contributed by atoms with E-state index in [0.29, 0.717) is 0 Å². The van der Waals surface area contributed by atoms with Crippen LogP contribution in [0.1, 0.15) is 32.3 Å².